The van der Waals surface area contributed by atoms with Crippen molar-refractivity contribution in [2.75, 3.05) is 19.1 Å². The van der Waals surface area contributed by atoms with Crippen molar-refractivity contribution in [3.05, 3.63) is 18.2 Å². The molecule has 2 unspecified atom stereocenters. The predicted molar refractivity (Wildman–Crippen MR) is 82.4 cm³/mol. The van der Waals surface area contributed by atoms with E-state index in [-0.39, 0.29) is 5.25 Å². The van der Waals surface area contributed by atoms with Crippen molar-refractivity contribution >= 4 is 16.5 Å². The Labute approximate surface area is 125 Å². The quantitative estimate of drug-likeness (QED) is 0.802. The largest absolute Gasteiger partial charge is 0.495 e. The van der Waals surface area contributed by atoms with Crippen molar-refractivity contribution in [2.45, 2.75) is 25.1 Å². The van der Waals surface area contributed by atoms with Gasteiger partial charge in [-0.25, -0.2) is 4.68 Å². The number of aryl methyl sites for hydroxylation is 1. The van der Waals surface area contributed by atoms with Gasteiger partial charge in [0.2, 0.25) is 0 Å². The second-order valence-electron chi connectivity index (χ2n) is 4.78. The zero-order chi connectivity index (χ0) is 15.4. The standard InChI is InChI=1S/C13H19N5O2S/c1-9(21(3)19)6-7-18-13(15-16-17-18)10-4-5-11(14)12(8-10)20-2/h4-5,8-9H,6-7,14H2,1-3H3. The third kappa shape index (κ3) is 3.57. The van der Waals surface area contributed by atoms with E-state index in [1.165, 1.54) is 0 Å². The molecule has 114 valence electrons. The molecule has 2 aromatic rings. The van der Waals surface area contributed by atoms with Crippen LogP contribution >= 0.6 is 0 Å². The van der Waals surface area contributed by atoms with Gasteiger partial charge in [0.15, 0.2) is 5.82 Å². The fourth-order valence-corrected chi connectivity index (χ4v) is 2.32. The van der Waals surface area contributed by atoms with E-state index >= 15 is 0 Å². The van der Waals surface area contributed by atoms with Gasteiger partial charge in [-0.3, -0.25) is 4.21 Å². The van der Waals surface area contributed by atoms with Gasteiger partial charge in [0.25, 0.3) is 0 Å². The summed E-state index contributed by atoms with van der Waals surface area (Å²) in [6.07, 6.45) is 2.45. The lowest BCUT2D eigenvalue weighted by Gasteiger charge is -2.10. The molecule has 1 aromatic heterocycles. The fourth-order valence-electron chi connectivity index (χ4n) is 1.88. The van der Waals surface area contributed by atoms with Gasteiger partial charge >= 0.3 is 0 Å². The molecule has 1 heterocycles. The smallest absolute Gasteiger partial charge is 0.182 e. The Balaban J connectivity index is 2.22. The van der Waals surface area contributed by atoms with Gasteiger partial charge in [0, 0.05) is 34.4 Å². The molecular weight excluding hydrogens is 290 g/mol. The number of hydrogen-bond acceptors (Lipinski definition) is 6. The zero-order valence-corrected chi connectivity index (χ0v) is 13.1. The van der Waals surface area contributed by atoms with Crippen LogP contribution in [0.4, 0.5) is 5.69 Å². The minimum Gasteiger partial charge on any atom is -0.495 e. The number of benzene rings is 1. The van der Waals surface area contributed by atoms with Crippen LogP contribution in [0.3, 0.4) is 0 Å². The lowest BCUT2D eigenvalue weighted by Crippen LogP contribution is -2.14. The Kier molecular flexibility index (Phi) is 4.89. The number of nitrogens with zero attached hydrogens (tertiary/aromatic N) is 4. The Morgan fingerprint density at radius 1 is 1.48 bits per heavy atom. The molecular formula is C13H19N5O2S. The van der Waals surface area contributed by atoms with Crippen molar-refractivity contribution in [1.29, 1.82) is 0 Å². The van der Waals surface area contributed by atoms with Crippen molar-refractivity contribution < 1.29 is 8.95 Å². The van der Waals surface area contributed by atoms with Crippen LogP contribution in [-0.2, 0) is 17.3 Å². The number of methoxy groups -OCH3 is 1. The van der Waals surface area contributed by atoms with Crippen LogP contribution in [0.15, 0.2) is 18.2 Å². The molecule has 0 aliphatic carbocycles. The maximum Gasteiger partial charge on any atom is 0.182 e. The van der Waals surface area contributed by atoms with Crippen molar-refractivity contribution in [1.82, 2.24) is 20.2 Å². The topological polar surface area (TPSA) is 95.9 Å². The summed E-state index contributed by atoms with van der Waals surface area (Å²) in [5.74, 6) is 1.23. The molecule has 8 heteroatoms. The molecule has 2 N–H and O–H groups in total. The van der Waals surface area contributed by atoms with Crippen molar-refractivity contribution in [2.24, 2.45) is 0 Å². The lowest BCUT2D eigenvalue weighted by molar-refractivity contribution is 0.417. The van der Waals surface area contributed by atoms with E-state index in [2.05, 4.69) is 15.5 Å². The highest BCUT2D eigenvalue weighted by atomic mass is 32.2. The number of tetrazole rings is 1. The van der Waals surface area contributed by atoms with Crippen LogP contribution in [0, 0.1) is 0 Å². The average molecular weight is 309 g/mol. The maximum atomic E-state index is 11.4. The first kappa shape index (κ1) is 15.4. The third-order valence-electron chi connectivity index (χ3n) is 3.34. The first-order valence-corrected chi connectivity index (χ1v) is 8.17. The first-order chi connectivity index (χ1) is 10.0. The Morgan fingerprint density at radius 2 is 2.24 bits per heavy atom. The molecule has 0 spiro atoms. The van der Waals surface area contributed by atoms with E-state index in [4.69, 9.17) is 10.5 Å². The molecule has 0 aliphatic rings. The van der Waals surface area contributed by atoms with E-state index in [1.807, 2.05) is 13.0 Å². The monoisotopic (exact) mass is 309 g/mol. The summed E-state index contributed by atoms with van der Waals surface area (Å²) in [6.45, 7) is 2.56. The van der Waals surface area contributed by atoms with Crippen LogP contribution in [0.2, 0.25) is 0 Å². The first-order valence-electron chi connectivity index (χ1n) is 6.55. The number of hydrogen-bond donors (Lipinski definition) is 1. The maximum absolute atomic E-state index is 11.4. The Hall–Kier alpha value is -1.96. The van der Waals surface area contributed by atoms with Crippen LogP contribution in [-0.4, -0.2) is 43.0 Å². The Bertz CT molecular complexity index is 643. The summed E-state index contributed by atoms with van der Waals surface area (Å²) in [5, 5.41) is 11.8. The molecule has 0 aliphatic heterocycles. The molecule has 21 heavy (non-hydrogen) atoms. The van der Waals surface area contributed by atoms with Gasteiger partial charge in [-0.2, -0.15) is 0 Å². The van der Waals surface area contributed by atoms with Gasteiger partial charge in [0.05, 0.1) is 12.8 Å². The number of nitrogens with two attached hydrogens (primary N) is 1. The van der Waals surface area contributed by atoms with Crippen molar-refractivity contribution in [3.8, 4) is 17.1 Å². The van der Waals surface area contributed by atoms with Gasteiger partial charge in [-0.1, -0.05) is 6.92 Å². The molecule has 0 radical (unpaired) electrons. The van der Waals surface area contributed by atoms with Gasteiger partial charge in [-0.15, -0.1) is 5.10 Å². The SMILES string of the molecule is COc1cc(-c2nnnn2CCC(C)S(C)=O)ccc1N. The second kappa shape index (κ2) is 6.66. The summed E-state index contributed by atoms with van der Waals surface area (Å²) in [5.41, 5.74) is 7.20. The molecule has 7 nitrogen and oxygen atoms in total. The van der Waals surface area contributed by atoms with Crippen LogP contribution < -0.4 is 10.5 Å². The third-order valence-corrected chi connectivity index (χ3v) is 4.71. The second-order valence-corrected chi connectivity index (χ2v) is 6.58. The van der Waals surface area contributed by atoms with E-state index in [0.717, 1.165) is 12.0 Å². The van der Waals surface area contributed by atoms with Crippen molar-refractivity contribution in [3.63, 3.8) is 0 Å². The van der Waals surface area contributed by atoms with Gasteiger partial charge in [-0.05, 0) is 35.0 Å². The molecule has 0 saturated heterocycles. The summed E-state index contributed by atoms with van der Waals surface area (Å²) < 4.78 is 18.3. The van der Waals surface area contributed by atoms with Crippen LogP contribution in [0.5, 0.6) is 5.75 Å². The molecule has 2 rings (SSSR count). The van der Waals surface area contributed by atoms with Gasteiger partial charge in [0.1, 0.15) is 5.75 Å². The summed E-state index contributed by atoms with van der Waals surface area (Å²) in [6, 6.07) is 5.41. The molecule has 0 bridgehead atoms. The number of aromatic nitrogens is 4. The lowest BCUT2D eigenvalue weighted by atomic mass is 10.1. The number of nitrogen functional groups attached to an aromatic ring is 1. The van der Waals surface area contributed by atoms with E-state index in [1.54, 1.807) is 30.2 Å². The highest BCUT2D eigenvalue weighted by Crippen LogP contribution is 2.27. The van der Waals surface area contributed by atoms with E-state index in [0.29, 0.717) is 23.8 Å². The van der Waals surface area contributed by atoms with Crippen LogP contribution in [0.1, 0.15) is 13.3 Å². The van der Waals surface area contributed by atoms with E-state index in [9.17, 15) is 4.21 Å². The number of rotatable bonds is 6. The molecule has 2 atom stereocenters. The summed E-state index contributed by atoms with van der Waals surface area (Å²) in [4.78, 5) is 0. The highest BCUT2D eigenvalue weighted by molar-refractivity contribution is 7.84. The average Bonchev–Trinajstić information content (AvgIpc) is 2.93. The van der Waals surface area contributed by atoms with E-state index < -0.39 is 10.8 Å². The zero-order valence-electron chi connectivity index (χ0n) is 12.3. The summed E-state index contributed by atoms with van der Waals surface area (Å²) in [7, 11) is 0.717. The minimum absolute atomic E-state index is 0.100. The Morgan fingerprint density at radius 3 is 2.90 bits per heavy atom. The number of ether oxygens (including phenoxy) is 1. The van der Waals surface area contributed by atoms with Gasteiger partial charge < -0.3 is 10.5 Å². The predicted octanol–water partition coefficient (Wildman–Crippen LogP) is 1.09. The molecule has 0 saturated carbocycles. The minimum atomic E-state index is -0.850. The fraction of sp³-hybridized carbons (Fsp3) is 0.462. The highest BCUT2D eigenvalue weighted by Gasteiger charge is 2.13. The molecule has 1 aromatic carbocycles. The van der Waals surface area contributed by atoms with Crippen LogP contribution in [0.25, 0.3) is 11.4 Å². The summed E-state index contributed by atoms with van der Waals surface area (Å²) >= 11 is 0. The molecule has 0 fully saturated rings. The number of anilines is 1. The normalized spacial score (nSPS) is 13.9. The molecule has 0 amide bonds.